The summed E-state index contributed by atoms with van der Waals surface area (Å²) >= 11 is 0. The van der Waals surface area contributed by atoms with E-state index in [2.05, 4.69) is 24.1 Å². The smallest absolute Gasteiger partial charge is 0.260 e. The summed E-state index contributed by atoms with van der Waals surface area (Å²) in [6.07, 6.45) is 1.77. The number of likely N-dealkylation sites (tertiary alicyclic amines) is 1. The predicted octanol–water partition coefficient (Wildman–Crippen LogP) is 2.95. The molecule has 3 atom stereocenters. The summed E-state index contributed by atoms with van der Waals surface area (Å²) in [5.41, 5.74) is 0. The number of methoxy groups -OCH3 is 1. The first kappa shape index (κ1) is 19.6. The summed E-state index contributed by atoms with van der Waals surface area (Å²) in [5, 5.41) is 2.97. The maximum Gasteiger partial charge on any atom is 0.260 e. The highest BCUT2D eigenvalue weighted by molar-refractivity contribution is 5.80. The highest BCUT2D eigenvalue weighted by Gasteiger charge is 2.21. The van der Waals surface area contributed by atoms with Crippen LogP contribution in [-0.4, -0.2) is 50.2 Å². The molecule has 5 heteroatoms. The number of carbonyl (C=O) groups excluding carboxylic acids is 1. The van der Waals surface area contributed by atoms with Gasteiger partial charge in [-0.15, -0.1) is 0 Å². The van der Waals surface area contributed by atoms with E-state index < -0.39 is 6.10 Å². The zero-order valence-electron chi connectivity index (χ0n) is 16.0. The fourth-order valence-electron chi connectivity index (χ4n) is 3.56. The van der Waals surface area contributed by atoms with Gasteiger partial charge in [0.2, 0.25) is 0 Å². The maximum atomic E-state index is 12.2. The Hall–Kier alpha value is -1.75. The van der Waals surface area contributed by atoms with Crippen molar-refractivity contribution in [3.05, 3.63) is 24.3 Å². The summed E-state index contributed by atoms with van der Waals surface area (Å²) in [5.74, 6) is 2.82. The van der Waals surface area contributed by atoms with Gasteiger partial charge in [0, 0.05) is 25.7 Å². The molecule has 0 bridgehead atoms. The summed E-state index contributed by atoms with van der Waals surface area (Å²) in [7, 11) is 1.61. The number of nitrogens with zero attached hydrogens (tertiary/aromatic N) is 1. The molecule has 2 rings (SSSR count). The Bertz CT molecular complexity index is 539. The van der Waals surface area contributed by atoms with Crippen molar-refractivity contribution in [2.24, 2.45) is 11.8 Å². The van der Waals surface area contributed by atoms with Crippen LogP contribution < -0.4 is 14.8 Å². The normalized spacial score (nSPS) is 22.2. The molecule has 25 heavy (non-hydrogen) atoms. The van der Waals surface area contributed by atoms with E-state index in [0.29, 0.717) is 12.3 Å². The number of hydrogen-bond donors (Lipinski definition) is 1. The maximum absolute atomic E-state index is 12.2. The molecule has 0 unspecified atom stereocenters. The first-order chi connectivity index (χ1) is 12.0. The molecule has 1 amide bonds. The second-order valence-electron chi connectivity index (χ2n) is 7.29. The van der Waals surface area contributed by atoms with Gasteiger partial charge in [-0.3, -0.25) is 4.79 Å². The number of rotatable bonds is 8. The zero-order valence-corrected chi connectivity index (χ0v) is 16.0. The molecule has 1 aromatic rings. The number of benzene rings is 1. The van der Waals surface area contributed by atoms with Gasteiger partial charge in [0.25, 0.3) is 5.91 Å². The highest BCUT2D eigenvalue weighted by Crippen LogP contribution is 2.21. The van der Waals surface area contributed by atoms with E-state index in [1.165, 1.54) is 19.5 Å². The van der Waals surface area contributed by atoms with Crippen molar-refractivity contribution in [1.29, 1.82) is 0 Å². The van der Waals surface area contributed by atoms with Crippen molar-refractivity contribution in [2.45, 2.75) is 39.7 Å². The van der Waals surface area contributed by atoms with E-state index in [1.54, 1.807) is 20.1 Å². The zero-order chi connectivity index (χ0) is 18.2. The topological polar surface area (TPSA) is 50.8 Å². The van der Waals surface area contributed by atoms with Crippen molar-refractivity contribution in [3.63, 3.8) is 0 Å². The Labute approximate surface area is 151 Å². The van der Waals surface area contributed by atoms with Crippen molar-refractivity contribution in [3.8, 4) is 11.5 Å². The van der Waals surface area contributed by atoms with Crippen LogP contribution in [0.15, 0.2) is 24.3 Å². The van der Waals surface area contributed by atoms with Crippen molar-refractivity contribution < 1.29 is 14.3 Å². The fourth-order valence-corrected chi connectivity index (χ4v) is 3.56. The van der Waals surface area contributed by atoms with Crippen LogP contribution in [-0.2, 0) is 4.79 Å². The van der Waals surface area contributed by atoms with E-state index in [4.69, 9.17) is 9.47 Å². The molecular formula is C20H32N2O3. The second kappa shape index (κ2) is 9.66. The molecular weight excluding hydrogens is 316 g/mol. The number of amides is 1. The second-order valence-corrected chi connectivity index (χ2v) is 7.29. The Morgan fingerprint density at radius 2 is 1.96 bits per heavy atom. The number of piperidine rings is 1. The van der Waals surface area contributed by atoms with Crippen molar-refractivity contribution >= 4 is 5.91 Å². The van der Waals surface area contributed by atoms with Crippen LogP contribution in [0.25, 0.3) is 0 Å². The average molecular weight is 348 g/mol. The standard InChI is InChI=1S/C20H32N2O3/c1-15-11-16(2)14-22(13-15)10-6-9-21-20(23)17(3)25-19-8-5-7-18(12-19)24-4/h5,7-8,12,15-17H,6,9-11,13-14H2,1-4H3,(H,21,23)/t15-,16-,17+/m0/s1. The average Bonchev–Trinajstić information content (AvgIpc) is 2.57. The minimum absolute atomic E-state index is 0.0804. The SMILES string of the molecule is COc1cccc(O[C@H](C)C(=O)NCCCN2C[C@@H](C)C[C@H](C)C2)c1. The third kappa shape index (κ3) is 6.58. The van der Waals surface area contributed by atoms with E-state index in [0.717, 1.165) is 30.6 Å². The van der Waals surface area contributed by atoms with Gasteiger partial charge in [-0.2, -0.15) is 0 Å². The molecule has 1 saturated heterocycles. The summed E-state index contributed by atoms with van der Waals surface area (Å²) in [4.78, 5) is 14.7. The monoisotopic (exact) mass is 348 g/mol. The molecule has 1 aliphatic rings. The molecule has 0 aromatic heterocycles. The van der Waals surface area contributed by atoms with Crippen LogP contribution in [0.1, 0.15) is 33.6 Å². The van der Waals surface area contributed by atoms with Crippen molar-refractivity contribution in [1.82, 2.24) is 10.2 Å². The Balaban J connectivity index is 1.67. The van der Waals surface area contributed by atoms with Crippen LogP contribution in [0.4, 0.5) is 0 Å². The summed E-state index contributed by atoms with van der Waals surface area (Å²) in [6.45, 7) is 10.5. The molecule has 1 fully saturated rings. The van der Waals surface area contributed by atoms with Crippen molar-refractivity contribution in [2.75, 3.05) is 33.3 Å². The van der Waals surface area contributed by atoms with Gasteiger partial charge in [0.05, 0.1) is 7.11 Å². The van der Waals surface area contributed by atoms with E-state index >= 15 is 0 Å². The van der Waals surface area contributed by atoms with Crippen LogP contribution in [0.5, 0.6) is 11.5 Å². The Morgan fingerprint density at radius 3 is 2.64 bits per heavy atom. The van der Waals surface area contributed by atoms with Crippen LogP contribution in [0.2, 0.25) is 0 Å². The first-order valence-electron chi connectivity index (χ1n) is 9.28. The molecule has 1 N–H and O–H groups in total. The van der Waals surface area contributed by atoms with Gasteiger partial charge >= 0.3 is 0 Å². The molecule has 1 aromatic carbocycles. The molecule has 1 aliphatic heterocycles. The van der Waals surface area contributed by atoms with Gasteiger partial charge in [-0.1, -0.05) is 19.9 Å². The van der Waals surface area contributed by atoms with Gasteiger partial charge in [0.1, 0.15) is 11.5 Å². The van der Waals surface area contributed by atoms with Gasteiger partial charge in [0.15, 0.2) is 6.10 Å². The third-order valence-corrected chi connectivity index (χ3v) is 4.62. The quantitative estimate of drug-likeness (QED) is 0.734. The lowest BCUT2D eigenvalue weighted by molar-refractivity contribution is -0.127. The molecule has 1 heterocycles. The Morgan fingerprint density at radius 1 is 1.28 bits per heavy atom. The number of hydrogen-bond acceptors (Lipinski definition) is 4. The molecule has 0 spiro atoms. The van der Waals surface area contributed by atoms with Gasteiger partial charge < -0.3 is 19.7 Å². The third-order valence-electron chi connectivity index (χ3n) is 4.62. The molecule has 140 valence electrons. The number of ether oxygens (including phenoxy) is 2. The summed E-state index contributed by atoms with van der Waals surface area (Å²) < 4.78 is 10.9. The predicted molar refractivity (Wildman–Crippen MR) is 100 cm³/mol. The first-order valence-corrected chi connectivity index (χ1v) is 9.28. The molecule has 0 radical (unpaired) electrons. The van der Waals surface area contributed by atoms with Gasteiger partial charge in [-0.25, -0.2) is 0 Å². The minimum atomic E-state index is -0.526. The lowest BCUT2D eigenvalue weighted by Crippen LogP contribution is -2.41. The van der Waals surface area contributed by atoms with E-state index in [-0.39, 0.29) is 5.91 Å². The molecule has 0 saturated carbocycles. The Kier molecular flexibility index (Phi) is 7.56. The van der Waals surface area contributed by atoms with Crippen LogP contribution in [0, 0.1) is 11.8 Å². The number of carbonyl (C=O) groups is 1. The highest BCUT2D eigenvalue weighted by atomic mass is 16.5. The number of nitrogens with one attached hydrogen (secondary N) is 1. The summed E-state index contributed by atoms with van der Waals surface area (Å²) in [6, 6.07) is 7.30. The molecule has 0 aliphatic carbocycles. The lowest BCUT2D eigenvalue weighted by Gasteiger charge is -2.34. The lowest BCUT2D eigenvalue weighted by atomic mass is 9.92. The molecule has 5 nitrogen and oxygen atoms in total. The van der Waals surface area contributed by atoms with E-state index in [9.17, 15) is 4.79 Å². The van der Waals surface area contributed by atoms with E-state index in [1.807, 2.05) is 18.2 Å². The van der Waals surface area contributed by atoms with Crippen LogP contribution in [0.3, 0.4) is 0 Å². The minimum Gasteiger partial charge on any atom is -0.497 e. The van der Waals surface area contributed by atoms with Crippen LogP contribution >= 0.6 is 0 Å². The largest absolute Gasteiger partial charge is 0.497 e. The fraction of sp³-hybridized carbons (Fsp3) is 0.650. The van der Waals surface area contributed by atoms with Gasteiger partial charge in [-0.05, 0) is 50.3 Å².